The van der Waals surface area contributed by atoms with E-state index in [4.69, 9.17) is 4.74 Å². The van der Waals surface area contributed by atoms with Crippen molar-refractivity contribution in [3.05, 3.63) is 71.8 Å². The third-order valence-electron chi connectivity index (χ3n) is 3.64. The molecule has 1 amide bonds. The van der Waals surface area contributed by atoms with Gasteiger partial charge in [-0.2, -0.15) is 5.10 Å². The number of phenolic OH excluding ortho intramolecular Hbond substituents is 1. The second-order valence-corrected chi connectivity index (χ2v) is 5.15. The lowest BCUT2D eigenvalue weighted by Crippen LogP contribution is -2.17. The van der Waals surface area contributed by atoms with Gasteiger partial charge in [0.15, 0.2) is 11.5 Å². The van der Waals surface area contributed by atoms with Gasteiger partial charge >= 0.3 is 0 Å². The number of aromatic hydroxyl groups is 1. The van der Waals surface area contributed by atoms with Crippen LogP contribution in [0.4, 0.5) is 0 Å². The molecule has 0 atom stereocenters. The first-order valence-electron chi connectivity index (χ1n) is 7.37. The third kappa shape index (κ3) is 3.20. The molecule has 0 aliphatic heterocycles. The highest BCUT2D eigenvalue weighted by Gasteiger charge is 2.08. The van der Waals surface area contributed by atoms with Crippen molar-refractivity contribution in [1.82, 2.24) is 5.43 Å². The fraction of sp³-hybridized carbons (Fsp3) is 0.0526. The molecule has 3 aromatic carbocycles. The quantitative estimate of drug-likeness (QED) is 0.572. The molecule has 0 saturated carbocycles. The first-order valence-corrected chi connectivity index (χ1v) is 7.37. The molecule has 3 rings (SSSR count). The minimum atomic E-state index is -0.384. The van der Waals surface area contributed by atoms with Crippen LogP contribution in [0.3, 0.4) is 0 Å². The molecule has 0 aliphatic rings. The van der Waals surface area contributed by atoms with Crippen LogP contribution in [0.5, 0.6) is 11.5 Å². The Balaban J connectivity index is 1.77. The molecule has 120 valence electrons. The number of carbonyl (C=O) groups excluding carboxylic acids is 1. The van der Waals surface area contributed by atoms with Gasteiger partial charge in [0.2, 0.25) is 0 Å². The zero-order chi connectivity index (χ0) is 16.9. The highest BCUT2D eigenvalue weighted by molar-refractivity contribution is 6.00. The van der Waals surface area contributed by atoms with Crippen LogP contribution in [0.2, 0.25) is 0 Å². The molecule has 24 heavy (non-hydrogen) atoms. The highest BCUT2D eigenvalue weighted by atomic mass is 16.5. The van der Waals surface area contributed by atoms with E-state index in [2.05, 4.69) is 10.5 Å². The molecule has 0 unspecified atom stereocenters. The summed E-state index contributed by atoms with van der Waals surface area (Å²) in [6.45, 7) is 0. The van der Waals surface area contributed by atoms with E-state index in [-0.39, 0.29) is 17.4 Å². The number of benzene rings is 3. The lowest BCUT2D eigenvalue weighted by atomic mass is 10.1. The Morgan fingerprint density at radius 2 is 1.92 bits per heavy atom. The number of amides is 1. The number of nitrogens with one attached hydrogen (secondary N) is 1. The van der Waals surface area contributed by atoms with Crippen molar-refractivity contribution in [2.75, 3.05) is 7.11 Å². The molecular weight excluding hydrogens is 304 g/mol. The fourth-order valence-corrected chi connectivity index (χ4v) is 2.41. The number of fused-ring (bicyclic) bond motifs is 1. The monoisotopic (exact) mass is 320 g/mol. The van der Waals surface area contributed by atoms with Gasteiger partial charge in [0.25, 0.3) is 5.91 Å². The molecular formula is C19H16N2O3. The molecule has 0 radical (unpaired) electrons. The number of nitrogens with zero attached hydrogens (tertiary/aromatic N) is 1. The number of hydrogen-bond acceptors (Lipinski definition) is 4. The minimum Gasteiger partial charge on any atom is -0.504 e. The summed E-state index contributed by atoms with van der Waals surface area (Å²) in [6, 6.07) is 18.2. The van der Waals surface area contributed by atoms with Gasteiger partial charge in [0.05, 0.1) is 13.3 Å². The number of carbonyl (C=O) groups is 1. The zero-order valence-electron chi connectivity index (χ0n) is 13.1. The smallest absolute Gasteiger partial charge is 0.271 e. The second-order valence-electron chi connectivity index (χ2n) is 5.15. The Kier molecular flexibility index (Phi) is 4.43. The molecule has 0 fully saturated rings. The Morgan fingerprint density at radius 1 is 1.12 bits per heavy atom. The van der Waals surface area contributed by atoms with Crippen LogP contribution < -0.4 is 10.2 Å². The van der Waals surface area contributed by atoms with Crippen molar-refractivity contribution in [3.8, 4) is 11.5 Å². The maximum absolute atomic E-state index is 12.1. The first-order chi connectivity index (χ1) is 11.7. The molecule has 5 heteroatoms. The van der Waals surface area contributed by atoms with E-state index in [1.54, 1.807) is 6.21 Å². The number of phenols is 1. The second kappa shape index (κ2) is 6.83. The van der Waals surface area contributed by atoms with E-state index in [0.717, 1.165) is 16.3 Å². The number of ether oxygens (including phenoxy) is 1. The van der Waals surface area contributed by atoms with Crippen molar-refractivity contribution < 1.29 is 14.6 Å². The third-order valence-corrected chi connectivity index (χ3v) is 3.64. The van der Waals surface area contributed by atoms with Crippen LogP contribution in [0.1, 0.15) is 15.9 Å². The predicted molar refractivity (Wildman–Crippen MR) is 93.7 cm³/mol. The van der Waals surface area contributed by atoms with Gasteiger partial charge in [-0.1, -0.05) is 42.5 Å². The average molecular weight is 320 g/mol. The van der Waals surface area contributed by atoms with Crippen LogP contribution >= 0.6 is 0 Å². The summed E-state index contributed by atoms with van der Waals surface area (Å²) in [6.07, 6.45) is 1.61. The molecule has 0 spiro atoms. The van der Waals surface area contributed by atoms with Gasteiger partial charge < -0.3 is 9.84 Å². The van der Waals surface area contributed by atoms with E-state index in [1.165, 1.54) is 25.3 Å². The van der Waals surface area contributed by atoms with Crippen molar-refractivity contribution in [3.63, 3.8) is 0 Å². The standard InChI is InChI=1S/C19H16N2O3/c1-24-18-11-14(9-10-17(18)22)19(23)21-20-12-15-7-4-6-13-5-2-3-8-16(13)15/h2-12,22H,1H3,(H,21,23)/b20-12+. The van der Waals surface area contributed by atoms with E-state index in [0.29, 0.717) is 5.56 Å². The van der Waals surface area contributed by atoms with Crippen LogP contribution in [0.15, 0.2) is 65.8 Å². The van der Waals surface area contributed by atoms with Gasteiger partial charge in [-0.15, -0.1) is 0 Å². The van der Waals surface area contributed by atoms with Gasteiger partial charge in [0, 0.05) is 11.1 Å². The summed E-state index contributed by atoms with van der Waals surface area (Å²) in [4.78, 5) is 12.1. The SMILES string of the molecule is COc1cc(C(=O)N/N=C/c2cccc3ccccc23)ccc1O. The number of rotatable bonds is 4. The zero-order valence-corrected chi connectivity index (χ0v) is 13.1. The van der Waals surface area contributed by atoms with Crippen LogP contribution in [0.25, 0.3) is 10.8 Å². The summed E-state index contributed by atoms with van der Waals surface area (Å²) in [5.74, 6) is -0.168. The molecule has 0 heterocycles. The number of methoxy groups -OCH3 is 1. The average Bonchev–Trinajstić information content (AvgIpc) is 2.62. The van der Waals surface area contributed by atoms with Crippen LogP contribution in [0, 0.1) is 0 Å². The summed E-state index contributed by atoms with van der Waals surface area (Å²) >= 11 is 0. The minimum absolute atomic E-state index is 0.0201. The summed E-state index contributed by atoms with van der Waals surface area (Å²) in [7, 11) is 1.43. The maximum atomic E-state index is 12.1. The Morgan fingerprint density at radius 3 is 2.75 bits per heavy atom. The van der Waals surface area contributed by atoms with Crippen molar-refractivity contribution in [1.29, 1.82) is 0 Å². The normalized spacial score (nSPS) is 10.9. The van der Waals surface area contributed by atoms with Crippen molar-refractivity contribution in [2.45, 2.75) is 0 Å². The predicted octanol–water partition coefficient (Wildman–Crippen LogP) is 3.32. The van der Waals surface area contributed by atoms with Crippen molar-refractivity contribution >= 4 is 22.9 Å². The lowest BCUT2D eigenvalue weighted by molar-refractivity contribution is 0.0955. The van der Waals surface area contributed by atoms with E-state index in [9.17, 15) is 9.90 Å². The lowest BCUT2D eigenvalue weighted by Gasteiger charge is -2.05. The molecule has 2 N–H and O–H groups in total. The number of hydrazone groups is 1. The van der Waals surface area contributed by atoms with Crippen molar-refractivity contribution in [2.24, 2.45) is 5.10 Å². The van der Waals surface area contributed by atoms with E-state index in [1.807, 2.05) is 42.5 Å². The van der Waals surface area contributed by atoms with Gasteiger partial charge in [-0.3, -0.25) is 4.79 Å². The number of hydrogen-bond donors (Lipinski definition) is 2. The topological polar surface area (TPSA) is 70.9 Å². The molecule has 0 aromatic heterocycles. The molecule has 0 aliphatic carbocycles. The van der Waals surface area contributed by atoms with Gasteiger partial charge in [0.1, 0.15) is 0 Å². The van der Waals surface area contributed by atoms with E-state index < -0.39 is 0 Å². The van der Waals surface area contributed by atoms with Crippen LogP contribution in [-0.2, 0) is 0 Å². The Labute approximate surface area is 139 Å². The Hall–Kier alpha value is -3.34. The first kappa shape index (κ1) is 15.6. The van der Waals surface area contributed by atoms with Crippen LogP contribution in [-0.4, -0.2) is 24.3 Å². The molecule has 0 bridgehead atoms. The van der Waals surface area contributed by atoms with E-state index >= 15 is 0 Å². The summed E-state index contributed by atoms with van der Waals surface area (Å²) in [5.41, 5.74) is 3.74. The van der Waals surface area contributed by atoms with Gasteiger partial charge in [-0.05, 0) is 29.0 Å². The van der Waals surface area contributed by atoms with Gasteiger partial charge in [-0.25, -0.2) is 5.43 Å². The largest absolute Gasteiger partial charge is 0.504 e. The summed E-state index contributed by atoms with van der Waals surface area (Å²) < 4.78 is 4.99. The Bertz CT molecular complexity index is 914. The molecule has 3 aromatic rings. The highest BCUT2D eigenvalue weighted by Crippen LogP contribution is 2.26. The molecule has 5 nitrogen and oxygen atoms in total. The molecule has 0 saturated heterocycles. The summed E-state index contributed by atoms with van der Waals surface area (Å²) in [5, 5.41) is 15.7. The fourth-order valence-electron chi connectivity index (χ4n) is 2.41. The maximum Gasteiger partial charge on any atom is 0.271 e.